The van der Waals surface area contributed by atoms with Crippen molar-refractivity contribution in [2.75, 3.05) is 6.61 Å². The number of hydrogen-bond donors (Lipinski definition) is 1. The van der Waals surface area contributed by atoms with E-state index >= 15 is 0 Å². The van der Waals surface area contributed by atoms with Crippen molar-refractivity contribution in [2.24, 2.45) is 11.8 Å². The van der Waals surface area contributed by atoms with Crippen molar-refractivity contribution in [3.63, 3.8) is 0 Å². The molecule has 1 N–H and O–H groups in total. The molecule has 3 atom stereocenters. The summed E-state index contributed by atoms with van der Waals surface area (Å²) < 4.78 is 11.2. The number of carbonyl (C=O) groups excluding carboxylic acids is 1. The Labute approximate surface area is 154 Å². The highest BCUT2D eigenvalue weighted by Crippen LogP contribution is 2.29. The highest BCUT2D eigenvalue weighted by Gasteiger charge is 2.28. The number of rotatable bonds is 6. The van der Waals surface area contributed by atoms with Crippen LogP contribution in [-0.4, -0.2) is 23.5 Å². The van der Waals surface area contributed by atoms with Crippen molar-refractivity contribution in [1.82, 2.24) is 10.3 Å². The minimum absolute atomic E-state index is 0.0258. The van der Waals surface area contributed by atoms with E-state index in [1.165, 1.54) is 12.8 Å². The summed E-state index contributed by atoms with van der Waals surface area (Å²) >= 11 is 0. The Morgan fingerprint density at radius 1 is 1.12 bits per heavy atom. The molecular weight excluding hydrogens is 328 g/mol. The lowest BCUT2D eigenvalue weighted by Gasteiger charge is -2.34. The van der Waals surface area contributed by atoms with E-state index in [4.69, 9.17) is 9.47 Å². The maximum atomic E-state index is 12.2. The Hall–Kier alpha value is -2.56. The minimum atomic E-state index is -0.0650. The van der Waals surface area contributed by atoms with Crippen LogP contribution in [0, 0.1) is 11.8 Å². The first kappa shape index (κ1) is 18.2. The molecule has 0 spiro atoms. The molecule has 26 heavy (non-hydrogen) atoms. The highest BCUT2D eigenvalue weighted by molar-refractivity contribution is 5.77. The van der Waals surface area contributed by atoms with E-state index in [1.807, 2.05) is 12.1 Å². The summed E-state index contributed by atoms with van der Waals surface area (Å²) in [6, 6.07) is 12.9. The van der Waals surface area contributed by atoms with Gasteiger partial charge in [-0.05, 0) is 48.6 Å². The molecule has 1 amide bonds. The number of nitrogens with zero attached hydrogens (tertiary/aromatic N) is 1. The van der Waals surface area contributed by atoms with Crippen LogP contribution in [0.3, 0.4) is 0 Å². The predicted octanol–water partition coefficient (Wildman–Crippen LogP) is 4.19. The number of carbonyl (C=O) groups is 1. The average molecular weight is 354 g/mol. The van der Waals surface area contributed by atoms with Gasteiger partial charge in [0.2, 0.25) is 5.88 Å². The van der Waals surface area contributed by atoms with Crippen LogP contribution in [-0.2, 0) is 4.79 Å². The van der Waals surface area contributed by atoms with Crippen LogP contribution < -0.4 is 14.8 Å². The molecular formula is C21H26N2O3. The van der Waals surface area contributed by atoms with Crippen molar-refractivity contribution >= 4 is 5.91 Å². The van der Waals surface area contributed by atoms with Gasteiger partial charge in [-0.25, -0.2) is 4.98 Å². The number of aromatic nitrogens is 1. The van der Waals surface area contributed by atoms with E-state index in [2.05, 4.69) is 24.1 Å². The van der Waals surface area contributed by atoms with Gasteiger partial charge in [-0.15, -0.1) is 0 Å². The number of hydrogen-bond acceptors (Lipinski definition) is 4. The van der Waals surface area contributed by atoms with E-state index in [0.29, 0.717) is 29.2 Å². The molecule has 5 nitrogen and oxygen atoms in total. The maximum Gasteiger partial charge on any atom is 0.258 e. The van der Waals surface area contributed by atoms with Crippen molar-refractivity contribution < 1.29 is 14.3 Å². The Morgan fingerprint density at radius 3 is 2.62 bits per heavy atom. The van der Waals surface area contributed by atoms with Gasteiger partial charge in [0.25, 0.3) is 5.91 Å². The number of amides is 1. The van der Waals surface area contributed by atoms with Crippen LogP contribution in [0.25, 0.3) is 0 Å². The zero-order valence-electron chi connectivity index (χ0n) is 15.4. The molecule has 0 bridgehead atoms. The minimum Gasteiger partial charge on any atom is -0.484 e. The van der Waals surface area contributed by atoms with Gasteiger partial charge in [-0.3, -0.25) is 4.79 Å². The van der Waals surface area contributed by atoms with Gasteiger partial charge in [-0.2, -0.15) is 0 Å². The van der Waals surface area contributed by atoms with Gasteiger partial charge < -0.3 is 14.8 Å². The van der Waals surface area contributed by atoms with Crippen LogP contribution >= 0.6 is 0 Å². The van der Waals surface area contributed by atoms with Crippen molar-refractivity contribution in [3.05, 3.63) is 48.7 Å². The lowest BCUT2D eigenvalue weighted by molar-refractivity contribution is -0.124. The van der Waals surface area contributed by atoms with E-state index < -0.39 is 0 Å². The van der Waals surface area contributed by atoms with Gasteiger partial charge in [0.1, 0.15) is 11.5 Å². The molecule has 0 radical (unpaired) electrons. The molecule has 1 aromatic carbocycles. The molecule has 138 valence electrons. The first-order valence-corrected chi connectivity index (χ1v) is 9.23. The topological polar surface area (TPSA) is 60.5 Å². The summed E-state index contributed by atoms with van der Waals surface area (Å²) in [7, 11) is 0. The number of benzene rings is 1. The van der Waals surface area contributed by atoms with Crippen LogP contribution in [0.15, 0.2) is 48.7 Å². The fraction of sp³-hybridized carbons (Fsp3) is 0.429. The van der Waals surface area contributed by atoms with Gasteiger partial charge in [0, 0.05) is 18.3 Å². The third kappa shape index (κ3) is 4.97. The molecule has 1 aromatic heterocycles. The van der Waals surface area contributed by atoms with Crippen LogP contribution in [0.4, 0.5) is 0 Å². The lowest BCUT2D eigenvalue weighted by Crippen LogP contribution is -2.45. The quantitative estimate of drug-likeness (QED) is 0.845. The molecule has 5 heteroatoms. The monoisotopic (exact) mass is 354 g/mol. The second kappa shape index (κ2) is 8.70. The van der Waals surface area contributed by atoms with Gasteiger partial charge in [-0.1, -0.05) is 32.8 Å². The number of pyridine rings is 1. The Bertz CT molecular complexity index is 703. The molecule has 0 aliphatic heterocycles. The fourth-order valence-electron chi connectivity index (χ4n) is 3.32. The van der Waals surface area contributed by atoms with Crippen molar-refractivity contribution in [2.45, 2.75) is 39.2 Å². The Morgan fingerprint density at radius 2 is 1.88 bits per heavy atom. The lowest BCUT2D eigenvalue weighted by atomic mass is 9.78. The van der Waals surface area contributed by atoms with Gasteiger partial charge in [0.05, 0.1) is 0 Å². The SMILES string of the molecule is C[C@@H]1[C@H](C)CCC[C@@H]1NC(=O)COc1ccc(Oc2ccccn2)cc1. The molecule has 0 saturated heterocycles. The van der Waals surface area contributed by atoms with E-state index in [1.54, 1.807) is 36.5 Å². The summed E-state index contributed by atoms with van der Waals surface area (Å²) in [6.45, 7) is 4.50. The second-order valence-corrected chi connectivity index (χ2v) is 6.97. The Kier molecular flexibility index (Phi) is 6.10. The molecule has 0 unspecified atom stereocenters. The molecule has 1 aliphatic carbocycles. The van der Waals surface area contributed by atoms with Gasteiger partial charge >= 0.3 is 0 Å². The Balaban J connectivity index is 1.46. The molecule has 1 heterocycles. The molecule has 1 saturated carbocycles. The number of nitrogens with one attached hydrogen (secondary N) is 1. The fourth-order valence-corrected chi connectivity index (χ4v) is 3.32. The third-order valence-corrected chi connectivity index (χ3v) is 5.11. The van der Waals surface area contributed by atoms with Gasteiger partial charge in [0.15, 0.2) is 6.61 Å². The van der Waals surface area contributed by atoms with E-state index in [0.717, 1.165) is 6.42 Å². The first-order chi connectivity index (χ1) is 12.6. The van der Waals surface area contributed by atoms with E-state index in [-0.39, 0.29) is 18.6 Å². The zero-order chi connectivity index (χ0) is 18.4. The second-order valence-electron chi connectivity index (χ2n) is 6.97. The van der Waals surface area contributed by atoms with Crippen LogP contribution in [0.2, 0.25) is 0 Å². The van der Waals surface area contributed by atoms with Crippen molar-refractivity contribution in [3.8, 4) is 17.4 Å². The molecule has 3 rings (SSSR count). The summed E-state index contributed by atoms with van der Waals surface area (Å²) in [5.41, 5.74) is 0. The average Bonchev–Trinajstić information content (AvgIpc) is 2.66. The maximum absolute atomic E-state index is 12.2. The highest BCUT2D eigenvalue weighted by atomic mass is 16.5. The molecule has 1 aliphatic rings. The summed E-state index contributed by atoms with van der Waals surface area (Å²) in [4.78, 5) is 16.3. The normalized spacial score (nSPS) is 22.5. The zero-order valence-corrected chi connectivity index (χ0v) is 15.4. The van der Waals surface area contributed by atoms with Crippen LogP contribution in [0.5, 0.6) is 17.4 Å². The summed E-state index contributed by atoms with van der Waals surface area (Å²) in [6.07, 6.45) is 5.15. The molecule has 2 aromatic rings. The first-order valence-electron chi connectivity index (χ1n) is 9.23. The molecule has 1 fully saturated rings. The largest absolute Gasteiger partial charge is 0.484 e. The van der Waals surface area contributed by atoms with E-state index in [9.17, 15) is 4.79 Å². The van der Waals surface area contributed by atoms with Crippen LogP contribution in [0.1, 0.15) is 33.1 Å². The summed E-state index contributed by atoms with van der Waals surface area (Å²) in [5.74, 6) is 2.95. The predicted molar refractivity (Wildman–Crippen MR) is 100 cm³/mol. The smallest absolute Gasteiger partial charge is 0.258 e. The standard InChI is InChI=1S/C21H26N2O3/c1-15-6-5-7-19(16(15)2)23-20(24)14-25-17-9-11-18(12-10-17)26-21-8-3-4-13-22-21/h3-4,8-13,15-16,19H,5-7,14H2,1-2H3,(H,23,24)/t15-,16-,19+/m1/s1. The third-order valence-electron chi connectivity index (χ3n) is 5.11. The summed E-state index contributed by atoms with van der Waals surface area (Å²) in [5, 5.41) is 3.12. The van der Waals surface area contributed by atoms with Crippen molar-refractivity contribution in [1.29, 1.82) is 0 Å². The number of ether oxygens (including phenoxy) is 2.